The predicted molar refractivity (Wildman–Crippen MR) is 114 cm³/mol. The van der Waals surface area contributed by atoms with Gasteiger partial charge in [0.1, 0.15) is 0 Å². The van der Waals surface area contributed by atoms with Gasteiger partial charge in [-0.05, 0) is 28.5 Å². The van der Waals surface area contributed by atoms with Crippen LogP contribution in [0.4, 0.5) is 5.13 Å². The highest BCUT2D eigenvalue weighted by molar-refractivity contribution is 7.14. The molecule has 0 radical (unpaired) electrons. The first-order valence-corrected chi connectivity index (χ1v) is 9.92. The maximum atomic E-state index is 12.4. The van der Waals surface area contributed by atoms with E-state index >= 15 is 0 Å². The van der Waals surface area contributed by atoms with E-state index in [2.05, 4.69) is 28.5 Å². The van der Waals surface area contributed by atoms with E-state index in [9.17, 15) is 4.79 Å². The Morgan fingerprint density at radius 1 is 0.963 bits per heavy atom. The number of hydrogen-bond acceptors (Lipinski definition) is 3. The number of rotatable bonds is 4. The third-order valence-corrected chi connectivity index (χ3v) is 5.68. The number of carbonyl (C=O) groups excluding carboxylic acids is 1. The van der Waals surface area contributed by atoms with Crippen LogP contribution in [0, 0.1) is 0 Å². The van der Waals surface area contributed by atoms with E-state index in [-0.39, 0.29) is 12.3 Å². The predicted octanol–water partition coefficient (Wildman–Crippen LogP) is 6.45. The fraction of sp³-hybridized carbons (Fsp3) is 0.0476. The standard InChI is InChI=1S/C21H14Cl2N2OS/c22-17-9-4-10-18(23)16(17)11-20(26)25-21-24-19(12-27-21)15-8-3-6-13-5-1-2-7-14(13)15/h1-10,12H,11H2,(H,24,25,26). The number of aromatic nitrogens is 1. The van der Waals surface area contributed by atoms with Crippen molar-refractivity contribution in [1.29, 1.82) is 0 Å². The molecular formula is C21H14Cl2N2OS. The fourth-order valence-electron chi connectivity index (χ4n) is 2.93. The summed E-state index contributed by atoms with van der Waals surface area (Å²) in [5.74, 6) is -0.205. The van der Waals surface area contributed by atoms with Gasteiger partial charge in [0.25, 0.3) is 0 Å². The molecule has 4 rings (SSSR count). The number of anilines is 1. The molecular weight excluding hydrogens is 399 g/mol. The van der Waals surface area contributed by atoms with Crippen LogP contribution in [0.2, 0.25) is 10.0 Å². The van der Waals surface area contributed by atoms with Crippen molar-refractivity contribution >= 4 is 56.3 Å². The third kappa shape index (κ3) is 3.83. The summed E-state index contributed by atoms with van der Waals surface area (Å²) in [5.41, 5.74) is 2.49. The number of amides is 1. The summed E-state index contributed by atoms with van der Waals surface area (Å²) in [6.45, 7) is 0. The quantitative estimate of drug-likeness (QED) is 0.418. The van der Waals surface area contributed by atoms with Crippen LogP contribution in [0.15, 0.2) is 66.0 Å². The SMILES string of the molecule is O=C(Cc1c(Cl)cccc1Cl)Nc1nc(-c2cccc3ccccc23)cs1. The van der Waals surface area contributed by atoms with Gasteiger partial charge >= 0.3 is 0 Å². The van der Waals surface area contributed by atoms with Crippen LogP contribution in [-0.2, 0) is 11.2 Å². The largest absolute Gasteiger partial charge is 0.302 e. The summed E-state index contributed by atoms with van der Waals surface area (Å²) < 4.78 is 0. The first-order valence-electron chi connectivity index (χ1n) is 8.28. The molecule has 4 aromatic rings. The van der Waals surface area contributed by atoms with Crippen molar-refractivity contribution in [2.45, 2.75) is 6.42 Å². The van der Waals surface area contributed by atoms with Gasteiger partial charge < -0.3 is 5.32 Å². The number of halogens is 2. The topological polar surface area (TPSA) is 42.0 Å². The zero-order valence-corrected chi connectivity index (χ0v) is 16.4. The van der Waals surface area contributed by atoms with Crippen molar-refractivity contribution in [2.75, 3.05) is 5.32 Å². The van der Waals surface area contributed by atoms with Gasteiger partial charge in [0.15, 0.2) is 5.13 Å². The summed E-state index contributed by atoms with van der Waals surface area (Å²) in [5, 5.41) is 8.57. The van der Waals surface area contributed by atoms with E-state index in [1.807, 2.05) is 29.6 Å². The van der Waals surface area contributed by atoms with Crippen LogP contribution in [0.1, 0.15) is 5.56 Å². The van der Waals surface area contributed by atoms with Gasteiger partial charge in [-0.2, -0.15) is 0 Å². The lowest BCUT2D eigenvalue weighted by molar-refractivity contribution is -0.115. The molecule has 1 N–H and O–H groups in total. The molecule has 0 bridgehead atoms. The molecule has 0 saturated heterocycles. The van der Waals surface area contributed by atoms with E-state index < -0.39 is 0 Å². The highest BCUT2D eigenvalue weighted by atomic mass is 35.5. The van der Waals surface area contributed by atoms with Gasteiger partial charge in [-0.1, -0.05) is 71.7 Å². The molecule has 0 atom stereocenters. The average molecular weight is 413 g/mol. The Bertz CT molecular complexity index is 1110. The number of hydrogen-bond donors (Lipinski definition) is 1. The Kier molecular flexibility index (Phi) is 5.12. The Labute approximate surface area is 170 Å². The second-order valence-electron chi connectivity index (χ2n) is 5.99. The van der Waals surface area contributed by atoms with Crippen LogP contribution < -0.4 is 5.32 Å². The van der Waals surface area contributed by atoms with Crippen LogP contribution in [0.25, 0.3) is 22.0 Å². The minimum absolute atomic E-state index is 0.0989. The Balaban J connectivity index is 1.55. The van der Waals surface area contributed by atoms with E-state index in [0.29, 0.717) is 20.7 Å². The van der Waals surface area contributed by atoms with E-state index in [4.69, 9.17) is 23.2 Å². The first-order chi connectivity index (χ1) is 13.1. The van der Waals surface area contributed by atoms with Gasteiger partial charge in [-0.3, -0.25) is 4.79 Å². The average Bonchev–Trinajstić information content (AvgIpc) is 3.12. The number of nitrogens with zero attached hydrogens (tertiary/aromatic N) is 1. The molecule has 0 saturated carbocycles. The first kappa shape index (κ1) is 18.0. The fourth-order valence-corrected chi connectivity index (χ4v) is 4.19. The van der Waals surface area contributed by atoms with Gasteiger partial charge in [0.2, 0.25) is 5.91 Å². The van der Waals surface area contributed by atoms with Crippen molar-refractivity contribution in [3.63, 3.8) is 0 Å². The van der Waals surface area contributed by atoms with Crippen LogP contribution >= 0.6 is 34.5 Å². The van der Waals surface area contributed by atoms with Crippen molar-refractivity contribution < 1.29 is 4.79 Å². The summed E-state index contributed by atoms with van der Waals surface area (Å²) in [4.78, 5) is 17.0. The maximum Gasteiger partial charge on any atom is 0.230 e. The number of nitrogens with one attached hydrogen (secondary N) is 1. The maximum absolute atomic E-state index is 12.4. The molecule has 0 aliphatic carbocycles. The molecule has 1 amide bonds. The van der Waals surface area contributed by atoms with E-state index in [1.165, 1.54) is 11.3 Å². The molecule has 1 heterocycles. The molecule has 0 aliphatic rings. The molecule has 0 unspecified atom stereocenters. The number of carbonyl (C=O) groups is 1. The summed E-state index contributed by atoms with van der Waals surface area (Å²) >= 11 is 13.7. The van der Waals surface area contributed by atoms with Crippen molar-refractivity contribution in [1.82, 2.24) is 4.98 Å². The second kappa shape index (κ2) is 7.69. The van der Waals surface area contributed by atoms with Crippen molar-refractivity contribution in [3.05, 3.63) is 81.7 Å². The lowest BCUT2D eigenvalue weighted by Crippen LogP contribution is -2.14. The molecule has 27 heavy (non-hydrogen) atoms. The Morgan fingerprint density at radius 3 is 2.48 bits per heavy atom. The third-order valence-electron chi connectivity index (χ3n) is 4.22. The Hall–Kier alpha value is -2.40. The number of thiazole rings is 1. The van der Waals surface area contributed by atoms with Crippen LogP contribution in [0.3, 0.4) is 0 Å². The Morgan fingerprint density at radius 2 is 1.67 bits per heavy atom. The molecule has 6 heteroatoms. The zero-order chi connectivity index (χ0) is 18.8. The number of benzene rings is 3. The number of fused-ring (bicyclic) bond motifs is 1. The normalized spacial score (nSPS) is 10.9. The van der Waals surface area contributed by atoms with Gasteiger partial charge in [-0.25, -0.2) is 4.98 Å². The van der Waals surface area contributed by atoms with Crippen LogP contribution in [-0.4, -0.2) is 10.9 Å². The zero-order valence-electron chi connectivity index (χ0n) is 14.1. The monoisotopic (exact) mass is 412 g/mol. The van der Waals surface area contributed by atoms with E-state index in [0.717, 1.165) is 22.0 Å². The highest BCUT2D eigenvalue weighted by Crippen LogP contribution is 2.31. The van der Waals surface area contributed by atoms with Gasteiger partial charge in [0.05, 0.1) is 12.1 Å². The van der Waals surface area contributed by atoms with Crippen molar-refractivity contribution in [2.24, 2.45) is 0 Å². The molecule has 3 nitrogen and oxygen atoms in total. The molecule has 134 valence electrons. The molecule has 0 fully saturated rings. The highest BCUT2D eigenvalue weighted by Gasteiger charge is 2.13. The van der Waals surface area contributed by atoms with Crippen molar-refractivity contribution in [3.8, 4) is 11.3 Å². The summed E-state index contributed by atoms with van der Waals surface area (Å²) in [6.07, 6.45) is 0.0989. The summed E-state index contributed by atoms with van der Waals surface area (Å²) in [7, 11) is 0. The van der Waals surface area contributed by atoms with Gasteiger partial charge in [-0.15, -0.1) is 11.3 Å². The minimum Gasteiger partial charge on any atom is -0.302 e. The molecule has 3 aromatic carbocycles. The molecule has 0 aliphatic heterocycles. The van der Waals surface area contributed by atoms with Gasteiger partial charge in [0, 0.05) is 21.0 Å². The smallest absolute Gasteiger partial charge is 0.230 e. The molecule has 0 spiro atoms. The minimum atomic E-state index is -0.205. The van der Waals surface area contributed by atoms with Crippen LogP contribution in [0.5, 0.6) is 0 Å². The lowest BCUT2D eigenvalue weighted by atomic mass is 10.0. The second-order valence-corrected chi connectivity index (χ2v) is 7.66. The van der Waals surface area contributed by atoms with E-state index in [1.54, 1.807) is 18.2 Å². The molecule has 1 aromatic heterocycles. The summed E-state index contributed by atoms with van der Waals surface area (Å²) in [6, 6.07) is 19.5. The lowest BCUT2D eigenvalue weighted by Gasteiger charge is -2.06.